The van der Waals surface area contributed by atoms with E-state index in [1.54, 1.807) is 41.3 Å². The zero-order valence-electron chi connectivity index (χ0n) is 19.3. The molecule has 176 valence electrons. The van der Waals surface area contributed by atoms with Gasteiger partial charge in [0.2, 0.25) is 0 Å². The summed E-state index contributed by atoms with van der Waals surface area (Å²) >= 11 is 0. The van der Waals surface area contributed by atoms with E-state index in [-0.39, 0.29) is 18.3 Å². The fourth-order valence-corrected chi connectivity index (χ4v) is 3.76. The molecule has 4 rings (SSSR count). The van der Waals surface area contributed by atoms with Crippen molar-refractivity contribution in [2.24, 2.45) is 0 Å². The Kier molecular flexibility index (Phi) is 7.11. The molecule has 0 N–H and O–H groups in total. The Morgan fingerprint density at radius 1 is 0.853 bits per heavy atom. The van der Waals surface area contributed by atoms with Crippen molar-refractivity contribution in [3.8, 4) is 17.2 Å². The first kappa shape index (κ1) is 23.3. The van der Waals surface area contributed by atoms with Gasteiger partial charge in [-0.1, -0.05) is 17.7 Å². The van der Waals surface area contributed by atoms with Crippen LogP contribution in [0.2, 0.25) is 0 Å². The molecular formula is C27H27FN2O4. The zero-order valence-corrected chi connectivity index (χ0v) is 19.3. The molecule has 0 bridgehead atoms. The molecule has 34 heavy (non-hydrogen) atoms. The molecule has 3 aromatic carbocycles. The monoisotopic (exact) mass is 462 g/mol. The molecule has 0 saturated carbocycles. The molecule has 1 aliphatic heterocycles. The van der Waals surface area contributed by atoms with Crippen LogP contribution >= 0.6 is 0 Å². The van der Waals surface area contributed by atoms with Crippen LogP contribution < -0.4 is 14.4 Å². The summed E-state index contributed by atoms with van der Waals surface area (Å²) in [5.74, 6) is 1.30. The maximum atomic E-state index is 14.4. The summed E-state index contributed by atoms with van der Waals surface area (Å²) < 4.78 is 25.9. The average molecular weight is 463 g/mol. The molecule has 1 amide bonds. The van der Waals surface area contributed by atoms with Crippen molar-refractivity contribution in [2.45, 2.75) is 13.8 Å². The van der Waals surface area contributed by atoms with Crippen molar-refractivity contribution in [3.63, 3.8) is 0 Å². The number of ketones is 1. The predicted molar refractivity (Wildman–Crippen MR) is 128 cm³/mol. The van der Waals surface area contributed by atoms with Crippen LogP contribution in [0.25, 0.3) is 0 Å². The molecule has 0 aromatic heterocycles. The van der Waals surface area contributed by atoms with Gasteiger partial charge < -0.3 is 19.3 Å². The Bertz CT molecular complexity index is 1150. The second-order valence-corrected chi connectivity index (χ2v) is 8.27. The lowest BCUT2D eigenvalue weighted by Crippen LogP contribution is -2.50. The van der Waals surface area contributed by atoms with Crippen LogP contribution in [0.1, 0.15) is 22.8 Å². The number of carbonyl (C=O) groups is 2. The number of hydrogen-bond acceptors (Lipinski definition) is 5. The molecule has 1 heterocycles. The van der Waals surface area contributed by atoms with Gasteiger partial charge in [0, 0.05) is 31.7 Å². The van der Waals surface area contributed by atoms with Gasteiger partial charge >= 0.3 is 0 Å². The molecule has 7 heteroatoms. The van der Waals surface area contributed by atoms with Gasteiger partial charge in [0.1, 0.15) is 23.1 Å². The molecule has 3 aromatic rings. The minimum Gasteiger partial charge on any atom is -0.484 e. The van der Waals surface area contributed by atoms with Crippen molar-refractivity contribution in [2.75, 3.05) is 37.7 Å². The summed E-state index contributed by atoms with van der Waals surface area (Å²) in [7, 11) is 0. The first-order chi connectivity index (χ1) is 16.4. The minimum absolute atomic E-state index is 0.0696. The van der Waals surface area contributed by atoms with E-state index >= 15 is 0 Å². The van der Waals surface area contributed by atoms with E-state index in [0.717, 1.165) is 11.3 Å². The van der Waals surface area contributed by atoms with Crippen LogP contribution in [0.3, 0.4) is 0 Å². The Morgan fingerprint density at radius 2 is 1.44 bits per heavy atom. The van der Waals surface area contributed by atoms with E-state index in [2.05, 4.69) is 0 Å². The van der Waals surface area contributed by atoms with Gasteiger partial charge in [-0.3, -0.25) is 9.59 Å². The van der Waals surface area contributed by atoms with E-state index in [1.807, 2.05) is 36.1 Å². The van der Waals surface area contributed by atoms with E-state index in [0.29, 0.717) is 48.9 Å². The van der Waals surface area contributed by atoms with Crippen molar-refractivity contribution < 1.29 is 23.5 Å². The lowest BCUT2D eigenvalue weighted by atomic mass is 10.1. The van der Waals surface area contributed by atoms with Crippen LogP contribution in [0.15, 0.2) is 66.7 Å². The summed E-state index contributed by atoms with van der Waals surface area (Å²) in [5.41, 5.74) is 1.96. The molecule has 0 unspecified atom stereocenters. The molecule has 1 aliphatic rings. The molecule has 0 atom stereocenters. The van der Waals surface area contributed by atoms with Gasteiger partial charge in [-0.2, -0.15) is 0 Å². The fourth-order valence-electron chi connectivity index (χ4n) is 3.76. The summed E-state index contributed by atoms with van der Waals surface area (Å²) in [5, 5.41) is 0. The SMILES string of the molecule is CC(=O)c1ccc(N2CCN(C(=O)COc3ccc(Oc4ccc(C)cc4)cc3)CC2)c(F)c1. The topological polar surface area (TPSA) is 59.1 Å². The highest BCUT2D eigenvalue weighted by molar-refractivity contribution is 5.94. The first-order valence-corrected chi connectivity index (χ1v) is 11.2. The van der Waals surface area contributed by atoms with Crippen LogP contribution in [0.4, 0.5) is 10.1 Å². The third kappa shape index (κ3) is 5.73. The molecule has 0 aliphatic carbocycles. The summed E-state index contributed by atoms with van der Waals surface area (Å²) in [6.45, 7) is 5.32. The van der Waals surface area contributed by atoms with Crippen molar-refractivity contribution in [3.05, 3.63) is 83.7 Å². The number of piperazine rings is 1. The van der Waals surface area contributed by atoms with Crippen molar-refractivity contribution >= 4 is 17.4 Å². The van der Waals surface area contributed by atoms with E-state index in [4.69, 9.17) is 9.47 Å². The van der Waals surface area contributed by atoms with Crippen LogP contribution in [0.5, 0.6) is 17.2 Å². The van der Waals surface area contributed by atoms with Crippen LogP contribution in [-0.4, -0.2) is 49.4 Å². The van der Waals surface area contributed by atoms with Gasteiger partial charge in [0.15, 0.2) is 12.4 Å². The largest absolute Gasteiger partial charge is 0.484 e. The number of aryl methyl sites for hydroxylation is 1. The molecule has 1 fully saturated rings. The van der Waals surface area contributed by atoms with E-state index in [9.17, 15) is 14.0 Å². The standard InChI is InChI=1S/C27H27FN2O4/c1-19-3-6-23(7-4-19)34-24-10-8-22(9-11-24)33-18-27(32)30-15-13-29(14-16-30)26-12-5-21(20(2)31)17-25(26)28/h3-12,17H,13-16,18H2,1-2H3. The summed E-state index contributed by atoms with van der Waals surface area (Å²) in [4.78, 5) is 27.6. The number of anilines is 1. The quantitative estimate of drug-likeness (QED) is 0.470. The van der Waals surface area contributed by atoms with Crippen LogP contribution in [-0.2, 0) is 4.79 Å². The fraction of sp³-hybridized carbons (Fsp3) is 0.259. The van der Waals surface area contributed by atoms with Crippen molar-refractivity contribution in [1.82, 2.24) is 4.90 Å². The lowest BCUT2D eigenvalue weighted by Gasteiger charge is -2.36. The maximum absolute atomic E-state index is 14.4. The molecule has 0 radical (unpaired) electrons. The third-order valence-electron chi connectivity index (χ3n) is 5.77. The minimum atomic E-state index is -0.425. The number of halogens is 1. The number of ether oxygens (including phenoxy) is 2. The summed E-state index contributed by atoms with van der Waals surface area (Å²) in [6.07, 6.45) is 0. The second kappa shape index (κ2) is 10.4. The lowest BCUT2D eigenvalue weighted by molar-refractivity contribution is -0.133. The number of amides is 1. The number of carbonyl (C=O) groups excluding carboxylic acids is 2. The Hall–Kier alpha value is -3.87. The highest BCUT2D eigenvalue weighted by Crippen LogP contribution is 2.25. The van der Waals surface area contributed by atoms with Gasteiger partial charge in [-0.05, 0) is 68.4 Å². The van der Waals surface area contributed by atoms with Gasteiger partial charge in [0.05, 0.1) is 5.69 Å². The number of hydrogen-bond donors (Lipinski definition) is 0. The predicted octanol–water partition coefficient (Wildman–Crippen LogP) is 4.86. The third-order valence-corrected chi connectivity index (χ3v) is 5.77. The molecule has 0 spiro atoms. The zero-order chi connectivity index (χ0) is 24.1. The summed E-state index contributed by atoms with van der Waals surface area (Å²) in [6, 6.07) is 19.4. The highest BCUT2D eigenvalue weighted by atomic mass is 19.1. The molecule has 1 saturated heterocycles. The van der Waals surface area contributed by atoms with Gasteiger partial charge in [-0.25, -0.2) is 4.39 Å². The smallest absolute Gasteiger partial charge is 0.260 e. The van der Waals surface area contributed by atoms with E-state index in [1.165, 1.54) is 13.0 Å². The normalized spacial score (nSPS) is 13.5. The molecule has 6 nitrogen and oxygen atoms in total. The Morgan fingerprint density at radius 3 is 2.03 bits per heavy atom. The van der Waals surface area contributed by atoms with Gasteiger partial charge in [0.25, 0.3) is 5.91 Å². The number of nitrogens with zero attached hydrogens (tertiary/aromatic N) is 2. The second-order valence-electron chi connectivity index (χ2n) is 8.27. The van der Waals surface area contributed by atoms with Crippen LogP contribution in [0, 0.1) is 12.7 Å². The molecular weight excluding hydrogens is 435 g/mol. The number of Topliss-reactive ketones (excluding diaryl/α,β-unsaturated/α-hetero) is 1. The van der Waals surface area contributed by atoms with E-state index < -0.39 is 5.82 Å². The van der Waals surface area contributed by atoms with Gasteiger partial charge in [-0.15, -0.1) is 0 Å². The number of rotatable bonds is 7. The first-order valence-electron chi connectivity index (χ1n) is 11.2. The Balaban J connectivity index is 1.25. The maximum Gasteiger partial charge on any atom is 0.260 e. The number of benzene rings is 3. The highest BCUT2D eigenvalue weighted by Gasteiger charge is 2.23. The Labute approximate surface area is 198 Å². The average Bonchev–Trinajstić information content (AvgIpc) is 2.85. The van der Waals surface area contributed by atoms with Crippen molar-refractivity contribution in [1.29, 1.82) is 0 Å².